The van der Waals surface area contributed by atoms with Gasteiger partial charge in [-0.3, -0.25) is 0 Å². The zero-order chi connectivity index (χ0) is 10.6. The number of phenols is 1. The van der Waals surface area contributed by atoms with Gasteiger partial charge in [-0.25, -0.2) is 0 Å². The van der Waals surface area contributed by atoms with Crippen LogP contribution in [-0.2, 0) is 6.42 Å². The Labute approximate surface area is 86.2 Å². The Morgan fingerprint density at radius 3 is 2.29 bits per heavy atom. The van der Waals surface area contributed by atoms with Gasteiger partial charge in [0.15, 0.2) is 0 Å². The first-order valence-electron chi connectivity index (χ1n) is 5.07. The number of nitrogens with zero attached hydrogens (tertiary/aromatic N) is 1. The summed E-state index contributed by atoms with van der Waals surface area (Å²) in [5.74, 6) is 0.339. The van der Waals surface area contributed by atoms with E-state index in [1.165, 1.54) is 5.56 Å². The number of hydrogen-bond donors (Lipinski definition) is 1. The highest BCUT2D eigenvalue weighted by atomic mass is 16.3. The van der Waals surface area contributed by atoms with Crippen molar-refractivity contribution in [1.82, 2.24) is 4.90 Å². The number of phenolic OH excluding ortho intramolecular Hbond substituents is 1. The fourth-order valence-corrected chi connectivity index (χ4v) is 1.23. The number of hydrogen-bond acceptors (Lipinski definition) is 2. The first-order valence-corrected chi connectivity index (χ1v) is 5.07. The van der Waals surface area contributed by atoms with E-state index in [1.54, 1.807) is 12.1 Å². The predicted octanol–water partition coefficient (Wildman–Crippen LogP) is 2.27. The zero-order valence-electron chi connectivity index (χ0n) is 9.20. The normalized spacial score (nSPS) is 11.2. The highest BCUT2D eigenvalue weighted by molar-refractivity contribution is 5.25. The monoisotopic (exact) mass is 193 g/mol. The van der Waals surface area contributed by atoms with Crippen molar-refractivity contribution in [3.05, 3.63) is 29.8 Å². The molecule has 0 saturated heterocycles. The first kappa shape index (κ1) is 11.1. The molecule has 0 bridgehead atoms. The third-order valence-electron chi connectivity index (χ3n) is 2.57. The number of rotatable bonds is 4. The van der Waals surface area contributed by atoms with Gasteiger partial charge in [0, 0.05) is 12.6 Å². The first-order chi connectivity index (χ1) is 6.59. The molecule has 0 aromatic heterocycles. The third kappa shape index (κ3) is 3.38. The lowest BCUT2D eigenvalue weighted by molar-refractivity contribution is 0.277. The van der Waals surface area contributed by atoms with Gasteiger partial charge in [0.05, 0.1) is 0 Å². The molecule has 0 fully saturated rings. The summed E-state index contributed by atoms with van der Waals surface area (Å²) in [4.78, 5) is 2.31. The highest BCUT2D eigenvalue weighted by Crippen LogP contribution is 2.10. The summed E-state index contributed by atoms with van der Waals surface area (Å²) < 4.78 is 0. The molecule has 14 heavy (non-hydrogen) atoms. The van der Waals surface area contributed by atoms with Gasteiger partial charge < -0.3 is 10.0 Å². The lowest BCUT2D eigenvalue weighted by Crippen LogP contribution is -2.28. The minimum Gasteiger partial charge on any atom is -0.508 e. The van der Waals surface area contributed by atoms with Crippen LogP contribution in [0.25, 0.3) is 0 Å². The molecule has 2 nitrogen and oxygen atoms in total. The van der Waals surface area contributed by atoms with Crippen LogP contribution < -0.4 is 0 Å². The molecule has 0 aliphatic rings. The van der Waals surface area contributed by atoms with Crippen LogP contribution in [0.5, 0.6) is 5.75 Å². The Morgan fingerprint density at radius 1 is 1.21 bits per heavy atom. The van der Waals surface area contributed by atoms with Gasteiger partial charge in [-0.15, -0.1) is 0 Å². The molecule has 0 saturated carbocycles. The minimum atomic E-state index is 0.339. The molecule has 1 aromatic rings. The van der Waals surface area contributed by atoms with Crippen molar-refractivity contribution in [2.75, 3.05) is 13.6 Å². The standard InChI is InChI=1S/C12H19NO/c1-10(2)13(3)9-8-11-4-6-12(14)7-5-11/h4-7,10,14H,8-9H2,1-3H3. The Hall–Kier alpha value is -1.02. The molecule has 0 aliphatic heterocycles. The van der Waals surface area contributed by atoms with Crippen molar-refractivity contribution in [3.8, 4) is 5.75 Å². The second kappa shape index (κ2) is 5.01. The van der Waals surface area contributed by atoms with Crippen molar-refractivity contribution in [1.29, 1.82) is 0 Å². The molecule has 0 radical (unpaired) electrons. The van der Waals surface area contributed by atoms with E-state index in [1.807, 2.05) is 12.1 Å². The summed E-state index contributed by atoms with van der Waals surface area (Å²) in [6.07, 6.45) is 1.04. The predicted molar refractivity (Wildman–Crippen MR) is 59.6 cm³/mol. The Morgan fingerprint density at radius 2 is 1.79 bits per heavy atom. The van der Waals surface area contributed by atoms with Gasteiger partial charge in [0.25, 0.3) is 0 Å². The van der Waals surface area contributed by atoms with Gasteiger partial charge in [-0.2, -0.15) is 0 Å². The Balaban J connectivity index is 2.42. The van der Waals surface area contributed by atoms with E-state index in [2.05, 4.69) is 25.8 Å². The summed E-state index contributed by atoms with van der Waals surface area (Å²) in [7, 11) is 2.13. The molecule has 78 valence electrons. The van der Waals surface area contributed by atoms with E-state index < -0.39 is 0 Å². The van der Waals surface area contributed by atoms with Crippen molar-refractivity contribution in [3.63, 3.8) is 0 Å². The average molecular weight is 193 g/mol. The molecule has 0 unspecified atom stereocenters. The van der Waals surface area contributed by atoms with Gasteiger partial charge in [0.1, 0.15) is 5.75 Å². The molecule has 0 heterocycles. The maximum atomic E-state index is 9.11. The summed E-state index contributed by atoms with van der Waals surface area (Å²) in [5.41, 5.74) is 1.27. The summed E-state index contributed by atoms with van der Waals surface area (Å²) in [5, 5.41) is 9.11. The van der Waals surface area contributed by atoms with Gasteiger partial charge in [0.2, 0.25) is 0 Å². The molecular formula is C12H19NO. The maximum Gasteiger partial charge on any atom is 0.115 e. The van der Waals surface area contributed by atoms with Crippen molar-refractivity contribution in [2.45, 2.75) is 26.3 Å². The van der Waals surface area contributed by atoms with Gasteiger partial charge in [-0.1, -0.05) is 12.1 Å². The molecule has 1 rings (SSSR count). The molecule has 0 amide bonds. The van der Waals surface area contributed by atoms with E-state index in [9.17, 15) is 0 Å². The molecule has 0 aliphatic carbocycles. The highest BCUT2D eigenvalue weighted by Gasteiger charge is 2.02. The minimum absolute atomic E-state index is 0.339. The lowest BCUT2D eigenvalue weighted by atomic mass is 10.1. The topological polar surface area (TPSA) is 23.5 Å². The quantitative estimate of drug-likeness (QED) is 0.793. The van der Waals surface area contributed by atoms with Crippen LogP contribution in [-0.4, -0.2) is 29.6 Å². The average Bonchev–Trinajstić information content (AvgIpc) is 2.16. The number of likely N-dealkylation sites (N-methyl/N-ethyl adjacent to an activating group) is 1. The van der Waals surface area contributed by atoms with E-state index in [4.69, 9.17) is 5.11 Å². The fourth-order valence-electron chi connectivity index (χ4n) is 1.23. The van der Waals surface area contributed by atoms with E-state index in [-0.39, 0.29) is 0 Å². The SMILES string of the molecule is CC(C)N(C)CCc1ccc(O)cc1. The third-order valence-corrected chi connectivity index (χ3v) is 2.57. The molecule has 0 atom stereocenters. The van der Waals surface area contributed by atoms with Crippen LogP contribution >= 0.6 is 0 Å². The number of aromatic hydroxyl groups is 1. The molecule has 1 aromatic carbocycles. The van der Waals surface area contributed by atoms with Crippen LogP contribution in [0.1, 0.15) is 19.4 Å². The summed E-state index contributed by atoms with van der Waals surface area (Å²) in [6.45, 7) is 5.44. The van der Waals surface area contributed by atoms with E-state index in [0.29, 0.717) is 11.8 Å². The maximum absolute atomic E-state index is 9.11. The molecule has 0 spiro atoms. The van der Waals surface area contributed by atoms with E-state index >= 15 is 0 Å². The molecular weight excluding hydrogens is 174 g/mol. The van der Waals surface area contributed by atoms with Crippen LogP contribution in [0.2, 0.25) is 0 Å². The Bertz CT molecular complexity index is 266. The smallest absolute Gasteiger partial charge is 0.115 e. The second-order valence-corrected chi connectivity index (χ2v) is 3.99. The van der Waals surface area contributed by atoms with Crippen LogP contribution in [0, 0.1) is 0 Å². The van der Waals surface area contributed by atoms with E-state index in [0.717, 1.165) is 13.0 Å². The lowest BCUT2D eigenvalue weighted by Gasteiger charge is -2.20. The van der Waals surface area contributed by atoms with Gasteiger partial charge in [-0.05, 0) is 45.0 Å². The summed E-state index contributed by atoms with van der Waals surface area (Å²) in [6, 6.07) is 8.02. The Kier molecular flexibility index (Phi) is 3.96. The van der Waals surface area contributed by atoms with Crippen LogP contribution in [0.15, 0.2) is 24.3 Å². The van der Waals surface area contributed by atoms with Crippen LogP contribution in [0.3, 0.4) is 0 Å². The molecule has 1 N–H and O–H groups in total. The number of benzene rings is 1. The van der Waals surface area contributed by atoms with Gasteiger partial charge >= 0.3 is 0 Å². The van der Waals surface area contributed by atoms with Crippen molar-refractivity contribution >= 4 is 0 Å². The fraction of sp³-hybridized carbons (Fsp3) is 0.500. The largest absolute Gasteiger partial charge is 0.508 e. The van der Waals surface area contributed by atoms with Crippen molar-refractivity contribution in [2.24, 2.45) is 0 Å². The van der Waals surface area contributed by atoms with Crippen LogP contribution in [0.4, 0.5) is 0 Å². The summed E-state index contributed by atoms with van der Waals surface area (Å²) >= 11 is 0. The zero-order valence-corrected chi connectivity index (χ0v) is 9.20. The van der Waals surface area contributed by atoms with Crippen molar-refractivity contribution < 1.29 is 5.11 Å². The molecule has 2 heteroatoms. The second-order valence-electron chi connectivity index (χ2n) is 3.99.